The van der Waals surface area contributed by atoms with Gasteiger partial charge in [0.1, 0.15) is 5.82 Å². The largest absolute Gasteiger partial charge is 0.480 e. The molecule has 0 radical (unpaired) electrons. The first-order valence-corrected chi connectivity index (χ1v) is 5.19. The zero-order valence-electron chi connectivity index (χ0n) is 9.48. The van der Waals surface area contributed by atoms with E-state index in [-0.39, 0.29) is 12.1 Å². The van der Waals surface area contributed by atoms with Gasteiger partial charge in [-0.25, -0.2) is 4.39 Å². The van der Waals surface area contributed by atoms with Gasteiger partial charge in [-0.15, -0.1) is 0 Å². The first-order valence-electron chi connectivity index (χ1n) is 5.19. The number of benzene rings is 1. The number of aliphatic carboxylic acids is 1. The third kappa shape index (κ3) is 4.21. The number of nitrogens with zero attached hydrogens (tertiary/aromatic N) is 2. The van der Waals surface area contributed by atoms with Crippen molar-refractivity contribution in [3.63, 3.8) is 0 Å². The zero-order valence-corrected chi connectivity index (χ0v) is 9.48. The van der Waals surface area contributed by atoms with E-state index in [4.69, 9.17) is 10.4 Å². The van der Waals surface area contributed by atoms with Crippen LogP contribution in [0.15, 0.2) is 18.2 Å². The van der Waals surface area contributed by atoms with E-state index >= 15 is 0 Å². The Morgan fingerprint density at radius 1 is 1.53 bits per heavy atom. The average Bonchev–Trinajstić information content (AvgIpc) is 2.26. The molecule has 1 rings (SSSR count). The maximum Gasteiger partial charge on any atom is 0.317 e. The molecule has 1 N–H and O–H groups in total. The van der Waals surface area contributed by atoms with Crippen LogP contribution in [-0.2, 0) is 11.3 Å². The Morgan fingerprint density at radius 3 is 2.76 bits per heavy atom. The number of hydrogen-bond donors (Lipinski definition) is 1. The molecule has 17 heavy (non-hydrogen) atoms. The predicted molar refractivity (Wildman–Crippen MR) is 59.7 cm³/mol. The topological polar surface area (TPSA) is 64.3 Å². The fourth-order valence-electron chi connectivity index (χ4n) is 1.54. The van der Waals surface area contributed by atoms with E-state index in [2.05, 4.69) is 0 Å². The van der Waals surface area contributed by atoms with Gasteiger partial charge >= 0.3 is 5.97 Å². The van der Waals surface area contributed by atoms with Crippen LogP contribution in [0.1, 0.15) is 18.1 Å². The van der Waals surface area contributed by atoms with Gasteiger partial charge in [-0.1, -0.05) is 6.92 Å². The molecule has 0 spiro atoms. The molecule has 90 valence electrons. The minimum Gasteiger partial charge on any atom is -0.480 e. The van der Waals surface area contributed by atoms with E-state index in [1.54, 1.807) is 11.0 Å². The number of halogens is 1. The molecule has 4 nitrogen and oxygen atoms in total. The van der Waals surface area contributed by atoms with E-state index in [1.807, 2.05) is 13.0 Å². The summed E-state index contributed by atoms with van der Waals surface area (Å²) in [4.78, 5) is 12.2. The van der Waals surface area contributed by atoms with Crippen LogP contribution in [0.5, 0.6) is 0 Å². The van der Waals surface area contributed by atoms with Crippen molar-refractivity contribution >= 4 is 5.97 Å². The molecule has 1 aromatic rings. The van der Waals surface area contributed by atoms with Gasteiger partial charge in [0.15, 0.2) is 0 Å². The second-order valence-electron chi connectivity index (χ2n) is 3.66. The third-order valence-electron chi connectivity index (χ3n) is 2.30. The molecule has 0 amide bonds. The number of carboxylic acid groups (broad SMARTS) is 1. The lowest BCUT2D eigenvalue weighted by atomic mass is 10.1. The maximum absolute atomic E-state index is 13.1. The highest BCUT2D eigenvalue weighted by atomic mass is 19.1. The molecular formula is C12H13FN2O2. The van der Waals surface area contributed by atoms with E-state index in [0.717, 1.165) is 6.07 Å². The lowest BCUT2D eigenvalue weighted by Gasteiger charge is -2.18. The summed E-state index contributed by atoms with van der Waals surface area (Å²) in [5.41, 5.74) is 0.844. The van der Waals surface area contributed by atoms with Gasteiger partial charge in [0.25, 0.3) is 0 Å². The lowest BCUT2D eigenvalue weighted by molar-refractivity contribution is -0.138. The van der Waals surface area contributed by atoms with E-state index < -0.39 is 11.8 Å². The van der Waals surface area contributed by atoms with E-state index in [9.17, 15) is 9.18 Å². The van der Waals surface area contributed by atoms with Crippen LogP contribution in [-0.4, -0.2) is 29.1 Å². The summed E-state index contributed by atoms with van der Waals surface area (Å²) < 4.78 is 13.1. The van der Waals surface area contributed by atoms with Crippen LogP contribution in [0.25, 0.3) is 0 Å². The summed E-state index contributed by atoms with van der Waals surface area (Å²) in [6, 6.07) is 5.89. The summed E-state index contributed by atoms with van der Waals surface area (Å²) in [6.45, 7) is 2.59. The van der Waals surface area contributed by atoms with E-state index in [0.29, 0.717) is 18.7 Å². The molecule has 0 fully saturated rings. The van der Waals surface area contributed by atoms with Crippen molar-refractivity contribution in [3.05, 3.63) is 35.1 Å². The van der Waals surface area contributed by atoms with Crippen molar-refractivity contribution in [2.75, 3.05) is 13.1 Å². The Hall–Kier alpha value is -1.93. The van der Waals surface area contributed by atoms with Gasteiger partial charge in [-0.05, 0) is 30.3 Å². The molecule has 0 heterocycles. The molecule has 5 heteroatoms. The SMILES string of the molecule is CCN(CC(=O)O)Cc1cc(F)cc(C#N)c1. The number of carboxylic acids is 1. The Balaban J connectivity index is 2.82. The van der Waals surface area contributed by atoms with Gasteiger partial charge in [0.2, 0.25) is 0 Å². The number of carbonyl (C=O) groups is 1. The van der Waals surface area contributed by atoms with Gasteiger partial charge < -0.3 is 5.11 Å². The summed E-state index contributed by atoms with van der Waals surface area (Å²) in [7, 11) is 0. The van der Waals surface area contributed by atoms with Crippen LogP contribution in [0.2, 0.25) is 0 Å². The highest BCUT2D eigenvalue weighted by Crippen LogP contribution is 2.11. The molecule has 0 bridgehead atoms. The molecule has 0 aliphatic carbocycles. The number of likely N-dealkylation sites (N-methyl/N-ethyl adjacent to an activating group) is 1. The van der Waals surface area contributed by atoms with Crippen LogP contribution >= 0.6 is 0 Å². The van der Waals surface area contributed by atoms with Crippen LogP contribution < -0.4 is 0 Å². The summed E-state index contributed by atoms with van der Waals surface area (Å²) in [5.74, 6) is -1.41. The first-order chi connectivity index (χ1) is 8.05. The maximum atomic E-state index is 13.1. The van der Waals surface area contributed by atoms with Crippen molar-refractivity contribution in [1.82, 2.24) is 4.90 Å². The number of nitriles is 1. The first kappa shape index (κ1) is 13.1. The summed E-state index contributed by atoms with van der Waals surface area (Å²) in [6.07, 6.45) is 0. The molecule has 0 atom stereocenters. The lowest BCUT2D eigenvalue weighted by Crippen LogP contribution is -2.29. The molecule has 0 saturated carbocycles. The summed E-state index contributed by atoms with van der Waals surface area (Å²) >= 11 is 0. The van der Waals surface area contributed by atoms with Crippen molar-refractivity contribution in [3.8, 4) is 6.07 Å². The standard InChI is InChI=1S/C12H13FN2O2/c1-2-15(8-12(16)17)7-10-3-9(6-14)4-11(13)5-10/h3-5H,2,7-8H2,1H3,(H,16,17). The minimum absolute atomic E-state index is 0.102. The fourth-order valence-corrected chi connectivity index (χ4v) is 1.54. The molecule has 0 saturated heterocycles. The molecule has 0 aliphatic heterocycles. The highest BCUT2D eigenvalue weighted by molar-refractivity contribution is 5.69. The van der Waals surface area contributed by atoms with Crippen LogP contribution in [0, 0.1) is 17.1 Å². The predicted octanol–water partition coefficient (Wildman–Crippen LogP) is 1.60. The number of hydrogen-bond acceptors (Lipinski definition) is 3. The van der Waals surface area contributed by atoms with Gasteiger partial charge in [-0.3, -0.25) is 9.69 Å². The van der Waals surface area contributed by atoms with Crippen molar-refractivity contribution in [2.24, 2.45) is 0 Å². The molecule has 0 aliphatic rings. The second kappa shape index (κ2) is 5.97. The smallest absolute Gasteiger partial charge is 0.317 e. The molecule has 0 unspecified atom stereocenters. The van der Waals surface area contributed by atoms with Crippen LogP contribution in [0.4, 0.5) is 4.39 Å². The minimum atomic E-state index is -0.927. The monoisotopic (exact) mass is 236 g/mol. The van der Waals surface area contributed by atoms with Crippen LogP contribution in [0.3, 0.4) is 0 Å². The summed E-state index contributed by atoms with van der Waals surface area (Å²) in [5, 5.41) is 17.4. The normalized spacial score (nSPS) is 10.2. The number of rotatable bonds is 5. The molecule has 0 aromatic heterocycles. The molecular weight excluding hydrogens is 223 g/mol. The van der Waals surface area contributed by atoms with Gasteiger partial charge in [-0.2, -0.15) is 5.26 Å². The van der Waals surface area contributed by atoms with Crippen molar-refractivity contribution in [2.45, 2.75) is 13.5 Å². The Kier molecular flexibility index (Phi) is 4.61. The van der Waals surface area contributed by atoms with Gasteiger partial charge in [0.05, 0.1) is 18.2 Å². The van der Waals surface area contributed by atoms with Gasteiger partial charge in [0, 0.05) is 6.54 Å². The fraction of sp³-hybridized carbons (Fsp3) is 0.333. The zero-order chi connectivity index (χ0) is 12.8. The van der Waals surface area contributed by atoms with Crippen molar-refractivity contribution < 1.29 is 14.3 Å². The molecule has 1 aromatic carbocycles. The quantitative estimate of drug-likeness (QED) is 0.843. The average molecular weight is 236 g/mol. The Morgan fingerprint density at radius 2 is 2.24 bits per heavy atom. The third-order valence-corrected chi connectivity index (χ3v) is 2.30. The highest BCUT2D eigenvalue weighted by Gasteiger charge is 2.09. The van der Waals surface area contributed by atoms with E-state index in [1.165, 1.54) is 6.07 Å². The Labute approximate surface area is 98.9 Å². The van der Waals surface area contributed by atoms with Crippen molar-refractivity contribution in [1.29, 1.82) is 5.26 Å². The second-order valence-corrected chi connectivity index (χ2v) is 3.66. The Bertz CT molecular complexity index is 454.